The summed E-state index contributed by atoms with van der Waals surface area (Å²) in [5, 5.41) is 7.59. The Morgan fingerprint density at radius 3 is 2.43 bits per heavy atom. The van der Waals surface area contributed by atoms with E-state index in [1.807, 2.05) is 27.7 Å². The summed E-state index contributed by atoms with van der Waals surface area (Å²) in [5.74, 6) is -0.755. The Labute approximate surface area is 175 Å². The Hall–Kier alpha value is -3.14. The maximum absolute atomic E-state index is 12.3. The minimum Gasteiger partial charge on any atom is -0.491 e. The molecule has 0 radical (unpaired) electrons. The van der Waals surface area contributed by atoms with Crippen molar-refractivity contribution >= 4 is 38.3 Å². The second kappa shape index (κ2) is 8.70. The number of benzene rings is 1. The van der Waals surface area contributed by atoms with E-state index in [9.17, 15) is 13.2 Å². The minimum absolute atomic E-state index is 0.0182. The minimum atomic E-state index is -3.88. The molecule has 30 heavy (non-hydrogen) atoms. The molecule has 1 amide bonds. The van der Waals surface area contributed by atoms with Gasteiger partial charge in [0.05, 0.1) is 24.2 Å². The third-order valence-corrected chi connectivity index (χ3v) is 5.22. The number of carbonyl (C=O) groups is 1. The lowest BCUT2D eigenvalue weighted by atomic mass is 10.3. The van der Waals surface area contributed by atoms with Gasteiger partial charge in [0.25, 0.3) is 0 Å². The molecule has 3 rings (SSSR count). The average molecular weight is 432 g/mol. The molecule has 1 aromatic carbocycles. The SMILES string of the molecule is CC(C)Oc1ccc(NS(=O)(=O)CC(=O)Nc2cnc3c(cnn3C(C)C)c2)cc1. The van der Waals surface area contributed by atoms with Crippen LogP contribution in [0.2, 0.25) is 0 Å². The summed E-state index contributed by atoms with van der Waals surface area (Å²) in [7, 11) is -3.88. The number of fused-ring (bicyclic) bond motifs is 1. The summed E-state index contributed by atoms with van der Waals surface area (Å²) in [4.78, 5) is 16.6. The number of hydrogen-bond acceptors (Lipinski definition) is 6. The molecular weight excluding hydrogens is 406 g/mol. The van der Waals surface area contributed by atoms with Crippen molar-refractivity contribution in [3.05, 3.63) is 42.7 Å². The summed E-state index contributed by atoms with van der Waals surface area (Å²) < 4.78 is 34.3. The van der Waals surface area contributed by atoms with Crippen molar-refractivity contribution in [2.75, 3.05) is 15.8 Å². The van der Waals surface area contributed by atoms with E-state index in [-0.39, 0.29) is 12.1 Å². The number of nitrogens with one attached hydrogen (secondary N) is 2. The lowest BCUT2D eigenvalue weighted by Crippen LogP contribution is -2.27. The standard InChI is InChI=1S/C20H25N5O4S/c1-13(2)25-20-15(10-22-25)9-17(11-21-20)23-19(26)12-30(27,28)24-16-5-7-18(8-6-16)29-14(3)4/h5-11,13-14,24H,12H2,1-4H3,(H,23,26). The van der Waals surface area contributed by atoms with Crippen molar-refractivity contribution < 1.29 is 17.9 Å². The Morgan fingerprint density at radius 1 is 1.10 bits per heavy atom. The first-order chi connectivity index (χ1) is 14.1. The number of amides is 1. The van der Waals surface area contributed by atoms with Crippen LogP contribution in [0.3, 0.4) is 0 Å². The molecule has 9 nitrogen and oxygen atoms in total. The number of hydrogen-bond donors (Lipinski definition) is 2. The van der Waals surface area contributed by atoms with Gasteiger partial charge in [0, 0.05) is 17.1 Å². The number of aromatic nitrogens is 3. The van der Waals surface area contributed by atoms with E-state index in [4.69, 9.17) is 4.74 Å². The van der Waals surface area contributed by atoms with Crippen LogP contribution in [0.15, 0.2) is 42.7 Å². The molecule has 3 aromatic rings. The van der Waals surface area contributed by atoms with E-state index >= 15 is 0 Å². The number of carbonyl (C=O) groups excluding carboxylic acids is 1. The van der Waals surface area contributed by atoms with Gasteiger partial charge in [-0.2, -0.15) is 5.10 Å². The highest BCUT2D eigenvalue weighted by Gasteiger charge is 2.17. The third-order valence-electron chi connectivity index (χ3n) is 4.03. The number of nitrogens with zero attached hydrogens (tertiary/aromatic N) is 3. The molecule has 2 N–H and O–H groups in total. The molecule has 2 aromatic heterocycles. The predicted octanol–water partition coefficient (Wildman–Crippen LogP) is 3.18. The van der Waals surface area contributed by atoms with Crippen LogP contribution in [0.1, 0.15) is 33.7 Å². The van der Waals surface area contributed by atoms with Gasteiger partial charge in [0.1, 0.15) is 11.5 Å². The smallest absolute Gasteiger partial charge is 0.241 e. The Morgan fingerprint density at radius 2 is 1.80 bits per heavy atom. The molecule has 0 aliphatic heterocycles. The molecule has 0 aliphatic carbocycles. The molecule has 0 saturated heterocycles. The number of pyridine rings is 1. The summed E-state index contributed by atoms with van der Waals surface area (Å²) >= 11 is 0. The third kappa shape index (κ3) is 5.47. The zero-order valence-corrected chi connectivity index (χ0v) is 18.1. The van der Waals surface area contributed by atoms with Crippen LogP contribution in [0.25, 0.3) is 11.0 Å². The van der Waals surface area contributed by atoms with Crippen LogP contribution < -0.4 is 14.8 Å². The highest BCUT2D eigenvalue weighted by molar-refractivity contribution is 7.93. The first-order valence-electron chi connectivity index (χ1n) is 9.53. The quantitative estimate of drug-likeness (QED) is 0.566. The van der Waals surface area contributed by atoms with Crippen LogP contribution in [0.4, 0.5) is 11.4 Å². The molecule has 2 heterocycles. The van der Waals surface area contributed by atoms with Gasteiger partial charge in [0.15, 0.2) is 5.65 Å². The van der Waals surface area contributed by atoms with Crippen molar-refractivity contribution in [2.45, 2.75) is 39.8 Å². The summed E-state index contributed by atoms with van der Waals surface area (Å²) in [6.45, 7) is 7.79. The second-order valence-corrected chi connectivity index (χ2v) is 9.14. The van der Waals surface area contributed by atoms with Crippen LogP contribution in [0, 0.1) is 0 Å². The zero-order valence-electron chi connectivity index (χ0n) is 17.3. The van der Waals surface area contributed by atoms with E-state index in [2.05, 4.69) is 20.1 Å². The Bertz CT molecular complexity index is 1140. The normalized spacial score (nSPS) is 11.8. The second-order valence-electron chi connectivity index (χ2n) is 7.42. The fourth-order valence-electron chi connectivity index (χ4n) is 2.85. The molecule has 0 spiro atoms. The summed E-state index contributed by atoms with van der Waals surface area (Å²) in [6, 6.07) is 8.35. The highest BCUT2D eigenvalue weighted by atomic mass is 32.2. The van der Waals surface area contributed by atoms with Gasteiger partial charge in [-0.05, 0) is 58.0 Å². The van der Waals surface area contributed by atoms with Gasteiger partial charge in [-0.1, -0.05) is 0 Å². The largest absolute Gasteiger partial charge is 0.491 e. The first-order valence-corrected chi connectivity index (χ1v) is 11.2. The van der Waals surface area contributed by atoms with E-state index in [1.165, 1.54) is 6.20 Å². The van der Waals surface area contributed by atoms with Crippen LogP contribution in [-0.2, 0) is 14.8 Å². The van der Waals surface area contributed by atoms with E-state index in [0.717, 1.165) is 5.39 Å². The van der Waals surface area contributed by atoms with Crippen molar-refractivity contribution in [3.8, 4) is 5.75 Å². The topological polar surface area (TPSA) is 115 Å². The fourth-order valence-corrected chi connectivity index (χ4v) is 3.83. The van der Waals surface area contributed by atoms with Gasteiger partial charge in [0.2, 0.25) is 15.9 Å². The lowest BCUT2D eigenvalue weighted by molar-refractivity contribution is -0.113. The molecular formula is C20H25N5O4S. The molecule has 0 aliphatic rings. The average Bonchev–Trinajstić information content (AvgIpc) is 3.05. The number of rotatable bonds is 8. The zero-order chi connectivity index (χ0) is 21.9. The molecule has 0 unspecified atom stereocenters. The van der Waals surface area contributed by atoms with Crippen molar-refractivity contribution in [1.82, 2.24) is 14.8 Å². The van der Waals surface area contributed by atoms with Crippen LogP contribution >= 0.6 is 0 Å². The summed E-state index contributed by atoms with van der Waals surface area (Å²) in [5.41, 5.74) is 1.45. The Kier molecular flexibility index (Phi) is 6.25. The van der Waals surface area contributed by atoms with Gasteiger partial charge >= 0.3 is 0 Å². The molecule has 0 atom stereocenters. The molecule has 0 bridgehead atoms. The fraction of sp³-hybridized carbons (Fsp3) is 0.350. The molecule has 0 fully saturated rings. The van der Waals surface area contributed by atoms with Crippen LogP contribution in [0.5, 0.6) is 5.75 Å². The number of ether oxygens (including phenoxy) is 1. The van der Waals surface area contributed by atoms with Gasteiger partial charge < -0.3 is 10.1 Å². The first kappa shape index (κ1) is 21.6. The van der Waals surface area contributed by atoms with Crippen molar-refractivity contribution in [3.63, 3.8) is 0 Å². The number of anilines is 2. The predicted molar refractivity (Wildman–Crippen MR) is 116 cm³/mol. The van der Waals surface area contributed by atoms with E-state index in [1.54, 1.807) is 41.2 Å². The van der Waals surface area contributed by atoms with E-state index in [0.29, 0.717) is 22.8 Å². The van der Waals surface area contributed by atoms with Crippen LogP contribution in [-0.4, -0.2) is 40.9 Å². The monoisotopic (exact) mass is 431 g/mol. The van der Waals surface area contributed by atoms with Gasteiger partial charge in [-0.15, -0.1) is 0 Å². The maximum Gasteiger partial charge on any atom is 0.241 e. The summed E-state index contributed by atoms with van der Waals surface area (Å²) in [6.07, 6.45) is 3.15. The van der Waals surface area contributed by atoms with Gasteiger partial charge in [-0.25, -0.2) is 18.1 Å². The van der Waals surface area contributed by atoms with Crippen molar-refractivity contribution in [2.24, 2.45) is 0 Å². The molecule has 0 saturated carbocycles. The lowest BCUT2D eigenvalue weighted by Gasteiger charge is -2.11. The number of sulfonamides is 1. The van der Waals surface area contributed by atoms with Crippen molar-refractivity contribution in [1.29, 1.82) is 0 Å². The van der Waals surface area contributed by atoms with E-state index < -0.39 is 21.7 Å². The highest BCUT2D eigenvalue weighted by Crippen LogP contribution is 2.20. The maximum atomic E-state index is 12.3. The Balaban J connectivity index is 1.62. The van der Waals surface area contributed by atoms with Gasteiger partial charge in [-0.3, -0.25) is 9.52 Å². The molecule has 160 valence electrons. The molecule has 10 heteroatoms.